The van der Waals surface area contributed by atoms with Crippen molar-refractivity contribution in [2.24, 2.45) is 10.8 Å². The van der Waals surface area contributed by atoms with Crippen molar-refractivity contribution < 1.29 is 1.37 Å². The van der Waals surface area contributed by atoms with Crippen molar-refractivity contribution in [1.29, 1.82) is 0 Å². The summed E-state index contributed by atoms with van der Waals surface area (Å²) in [5, 5.41) is 0. The molecule has 2 aliphatic rings. The van der Waals surface area contributed by atoms with Crippen LogP contribution in [0.15, 0.2) is 139 Å². The minimum atomic E-state index is -1.04. The first-order valence-corrected chi connectivity index (χ1v) is 12.7. The van der Waals surface area contributed by atoms with Gasteiger partial charge in [-0.2, -0.15) is 0 Å². The third kappa shape index (κ3) is 2.94. The number of allylic oxidation sites excluding steroid dienone is 5. The van der Waals surface area contributed by atoms with E-state index in [2.05, 4.69) is 136 Å². The zero-order valence-corrected chi connectivity index (χ0v) is 21.3. The van der Waals surface area contributed by atoms with Gasteiger partial charge in [0.2, 0.25) is 0 Å². The fourth-order valence-electron chi connectivity index (χ4n) is 6.82. The van der Waals surface area contributed by atoms with E-state index in [1.54, 1.807) is 0 Å². The summed E-state index contributed by atoms with van der Waals surface area (Å²) in [6.45, 7) is 11.7. The second-order valence-electron chi connectivity index (χ2n) is 10.3. The van der Waals surface area contributed by atoms with Gasteiger partial charge in [-0.1, -0.05) is 147 Å². The fraction of sp³-hybridized carbons (Fsp3) is 0.167. The van der Waals surface area contributed by atoms with Gasteiger partial charge in [0.1, 0.15) is 0 Å². The van der Waals surface area contributed by atoms with Gasteiger partial charge in [0.15, 0.2) is 0 Å². The van der Waals surface area contributed by atoms with E-state index in [1.165, 1.54) is 22.3 Å². The molecule has 6 rings (SSSR count). The molecule has 2 aliphatic carbocycles. The van der Waals surface area contributed by atoms with E-state index in [4.69, 9.17) is 6.58 Å². The summed E-state index contributed by atoms with van der Waals surface area (Å²) in [5.74, 6) is -1.04. The number of hydrogen-bond acceptors (Lipinski definition) is 0. The third-order valence-electron chi connectivity index (χ3n) is 8.78. The van der Waals surface area contributed by atoms with Crippen LogP contribution in [0, 0.1) is 10.8 Å². The van der Waals surface area contributed by atoms with Crippen LogP contribution >= 0.6 is 0 Å². The van der Waals surface area contributed by atoms with Crippen LogP contribution in [-0.2, 0) is 0 Å². The van der Waals surface area contributed by atoms with Crippen LogP contribution in [0.25, 0.3) is 16.7 Å². The summed E-state index contributed by atoms with van der Waals surface area (Å²) in [6.07, 6.45) is 0. The van der Waals surface area contributed by atoms with Crippen molar-refractivity contribution in [3.63, 3.8) is 0 Å². The smallest absolute Gasteiger partial charge is 0.0412 e. The maximum absolute atomic E-state index is 10.6. The molecule has 0 nitrogen and oxygen atoms in total. The lowest BCUT2D eigenvalue weighted by Crippen LogP contribution is -2.36. The van der Waals surface area contributed by atoms with Gasteiger partial charge in [0.25, 0.3) is 0 Å². The standard InChI is InChI=1S/C36H32/c1-25-31(27-17-9-5-10-18-27)33(29-21-13-7-14-22-29)36(4)26(2)32(28-19-11-6-12-20-28)34(35(25,36)3)30-23-15-8-16-24-30/h5-24,34H,1H2,2-4H3/t34-,35-,36-/m1/s1/i34D. The van der Waals surface area contributed by atoms with Crippen LogP contribution in [0.5, 0.6) is 0 Å². The van der Waals surface area contributed by atoms with E-state index in [0.717, 1.165) is 27.8 Å². The monoisotopic (exact) mass is 465 g/mol. The molecule has 176 valence electrons. The highest BCUT2D eigenvalue weighted by atomic mass is 14.7. The molecule has 0 aromatic heterocycles. The zero-order chi connectivity index (χ0) is 25.8. The van der Waals surface area contributed by atoms with Gasteiger partial charge in [-0.15, -0.1) is 0 Å². The summed E-state index contributed by atoms with van der Waals surface area (Å²) in [4.78, 5) is 0. The molecule has 0 N–H and O–H groups in total. The average Bonchev–Trinajstić information content (AvgIpc) is 3.23. The van der Waals surface area contributed by atoms with Gasteiger partial charge in [0, 0.05) is 18.1 Å². The predicted molar refractivity (Wildman–Crippen MR) is 153 cm³/mol. The second-order valence-corrected chi connectivity index (χ2v) is 10.3. The topological polar surface area (TPSA) is 0 Å². The van der Waals surface area contributed by atoms with Crippen molar-refractivity contribution in [1.82, 2.24) is 0 Å². The normalized spacial score (nSPS) is 27.9. The molecule has 0 heterocycles. The van der Waals surface area contributed by atoms with E-state index in [1.807, 2.05) is 6.07 Å². The van der Waals surface area contributed by atoms with Gasteiger partial charge in [-0.05, 0) is 51.5 Å². The van der Waals surface area contributed by atoms with Crippen molar-refractivity contribution >= 4 is 16.7 Å². The molecule has 0 saturated heterocycles. The SMILES string of the molecule is [2H][C@@]1(c2ccccc2)C(c2ccccc2)=C(C)[C@]2(C)C(c3ccccc3)=C(c3ccccc3)C(=C)[C@@]21C. The molecular weight excluding hydrogens is 432 g/mol. The van der Waals surface area contributed by atoms with Crippen LogP contribution in [-0.4, -0.2) is 0 Å². The minimum Gasteiger partial charge on any atom is -0.0946 e. The summed E-state index contributed by atoms with van der Waals surface area (Å²) >= 11 is 0. The Labute approximate surface area is 216 Å². The molecule has 36 heavy (non-hydrogen) atoms. The maximum Gasteiger partial charge on any atom is 0.0412 e. The highest BCUT2D eigenvalue weighted by Crippen LogP contribution is 2.77. The predicted octanol–water partition coefficient (Wildman–Crippen LogP) is 9.45. The van der Waals surface area contributed by atoms with Crippen LogP contribution in [0.4, 0.5) is 0 Å². The van der Waals surface area contributed by atoms with E-state index in [0.29, 0.717) is 0 Å². The Morgan fingerprint density at radius 2 is 1.08 bits per heavy atom. The highest BCUT2D eigenvalue weighted by Gasteiger charge is 2.65. The third-order valence-corrected chi connectivity index (χ3v) is 8.78. The van der Waals surface area contributed by atoms with Crippen LogP contribution in [0.1, 0.15) is 50.3 Å². The van der Waals surface area contributed by atoms with E-state index in [-0.39, 0.29) is 0 Å². The van der Waals surface area contributed by atoms with Crippen LogP contribution in [0.2, 0.25) is 0 Å². The Morgan fingerprint density at radius 3 is 1.61 bits per heavy atom. The molecule has 0 heteroatoms. The molecular formula is C36H32. The van der Waals surface area contributed by atoms with E-state index in [9.17, 15) is 1.37 Å². The lowest BCUT2D eigenvalue weighted by Gasteiger charge is -2.44. The van der Waals surface area contributed by atoms with Crippen LogP contribution < -0.4 is 0 Å². The minimum absolute atomic E-state index is 0.445. The first-order valence-electron chi connectivity index (χ1n) is 13.2. The Balaban J connectivity index is 1.77. The maximum atomic E-state index is 10.6. The molecule has 4 aromatic rings. The van der Waals surface area contributed by atoms with Crippen LogP contribution in [0.3, 0.4) is 0 Å². The van der Waals surface area contributed by atoms with Gasteiger partial charge >= 0.3 is 0 Å². The summed E-state index contributed by atoms with van der Waals surface area (Å²) < 4.78 is 10.6. The lowest BCUT2D eigenvalue weighted by molar-refractivity contribution is 0.244. The highest BCUT2D eigenvalue weighted by molar-refractivity contribution is 6.09. The average molecular weight is 466 g/mol. The molecule has 3 atom stereocenters. The first kappa shape index (κ1) is 21.4. The van der Waals surface area contributed by atoms with Gasteiger partial charge in [0.05, 0.1) is 0 Å². The Morgan fingerprint density at radius 1 is 0.639 bits per heavy atom. The Kier molecular flexibility index (Phi) is 4.96. The second kappa shape index (κ2) is 8.35. The van der Waals surface area contributed by atoms with E-state index < -0.39 is 16.7 Å². The number of rotatable bonds is 4. The summed E-state index contributed by atoms with van der Waals surface area (Å²) in [5.41, 5.74) is 9.21. The molecule has 4 aromatic carbocycles. The zero-order valence-electron chi connectivity index (χ0n) is 22.3. The quantitative estimate of drug-likeness (QED) is 0.281. The molecule has 0 bridgehead atoms. The fourth-order valence-corrected chi connectivity index (χ4v) is 6.82. The Bertz CT molecular complexity index is 1550. The molecule has 0 saturated carbocycles. The lowest BCUT2D eigenvalue weighted by atomic mass is 9.58. The van der Waals surface area contributed by atoms with Gasteiger partial charge in [-0.3, -0.25) is 0 Å². The van der Waals surface area contributed by atoms with Crippen molar-refractivity contribution in [3.05, 3.63) is 161 Å². The van der Waals surface area contributed by atoms with Crippen molar-refractivity contribution in [3.8, 4) is 0 Å². The molecule has 0 fully saturated rings. The molecule has 0 aliphatic heterocycles. The number of fused-ring (bicyclic) bond motifs is 1. The largest absolute Gasteiger partial charge is 0.0946 e. The van der Waals surface area contributed by atoms with Gasteiger partial charge < -0.3 is 0 Å². The van der Waals surface area contributed by atoms with Crippen molar-refractivity contribution in [2.75, 3.05) is 0 Å². The summed E-state index contributed by atoms with van der Waals surface area (Å²) in [6, 6.07) is 42.3. The number of benzene rings is 4. The van der Waals surface area contributed by atoms with Gasteiger partial charge in [-0.25, -0.2) is 0 Å². The summed E-state index contributed by atoms with van der Waals surface area (Å²) in [7, 11) is 0. The van der Waals surface area contributed by atoms with E-state index >= 15 is 0 Å². The Hall–Kier alpha value is -3.90. The van der Waals surface area contributed by atoms with Crippen molar-refractivity contribution in [2.45, 2.75) is 26.7 Å². The first-order chi connectivity index (χ1) is 17.9. The molecule has 0 unspecified atom stereocenters. The molecule has 0 spiro atoms. The molecule has 0 radical (unpaired) electrons. The molecule has 0 amide bonds. The number of hydrogen-bond donors (Lipinski definition) is 0.